The van der Waals surface area contributed by atoms with E-state index < -0.39 is 11.4 Å². The minimum atomic E-state index is -0.881. The Morgan fingerprint density at radius 1 is 1.21 bits per heavy atom. The number of nitrogens with zero attached hydrogens (tertiary/aromatic N) is 2. The number of rotatable bonds is 5. The second-order valence-electron chi connectivity index (χ2n) is 7.24. The number of benzene rings is 2. The lowest BCUT2D eigenvalue weighted by molar-refractivity contribution is 0.0503. The molecule has 0 saturated heterocycles. The summed E-state index contributed by atoms with van der Waals surface area (Å²) in [5, 5.41) is 22.4. The van der Waals surface area contributed by atoms with Gasteiger partial charge in [-0.3, -0.25) is 9.78 Å². The molecule has 0 bridgehead atoms. The molecule has 148 valence electrons. The van der Waals surface area contributed by atoms with E-state index in [1.54, 1.807) is 35.2 Å². The summed E-state index contributed by atoms with van der Waals surface area (Å²) < 4.78 is 13.3. The Balaban J connectivity index is 1.97. The van der Waals surface area contributed by atoms with Crippen molar-refractivity contribution in [2.24, 2.45) is 0 Å². The summed E-state index contributed by atoms with van der Waals surface area (Å²) in [6.45, 7) is 5.97. The molecule has 2 aromatic carbocycles. The van der Waals surface area contributed by atoms with Crippen LogP contribution in [-0.2, 0) is 12.1 Å². The smallest absolute Gasteiger partial charge is 0.259 e. The van der Waals surface area contributed by atoms with Crippen LogP contribution in [0.1, 0.15) is 41.3 Å². The highest BCUT2D eigenvalue weighted by Crippen LogP contribution is 2.54. The maximum atomic E-state index is 13.5. The predicted molar refractivity (Wildman–Crippen MR) is 108 cm³/mol. The van der Waals surface area contributed by atoms with Crippen molar-refractivity contribution in [3.8, 4) is 11.5 Å². The third-order valence-corrected chi connectivity index (χ3v) is 5.77. The molecule has 0 saturated carbocycles. The Hall–Kier alpha value is -3.41. The fraction of sp³-hybridized carbons (Fsp3) is 0.217. The molecule has 1 aromatic heterocycles. The van der Waals surface area contributed by atoms with Crippen molar-refractivity contribution < 1.29 is 19.4 Å². The molecule has 6 heteroatoms. The summed E-state index contributed by atoms with van der Waals surface area (Å²) in [6, 6.07) is 9.27. The number of carbonyl (C=O) groups is 1. The van der Waals surface area contributed by atoms with E-state index in [-0.39, 0.29) is 34.9 Å². The van der Waals surface area contributed by atoms with E-state index in [1.807, 2.05) is 6.92 Å². The molecule has 0 aliphatic carbocycles. The number of carbonyl (C=O) groups excluding carboxylic acids is 1. The van der Waals surface area contributed by atoms with Crippen molar-refractivity contribution in [1.82, 2.24) is 9.88 Å². The van der Waals surface area contributed by atoms with Gasteiger partial charge in [0.15, 0.2) is 5.75 Å². The zero-order valence-electron chi connectivity index (χ0n) is 16.0. The summed E-state index contributed by atoms with van der Waals surface area (Å²) in [7, 11) is 0. The molecule has 29 heavy (non-hydrogen) atoms. The van der Waals surface area contributed by atoms with Crippen LogP contribution in [0.5, 0.6) is 11.5 Å². The van der Waals surface area contributed by atoms with Crippen LogP contribution in [-0.4, -0.2) is 26.0 Å². The lowest BCUT2D eigenvalue weighted by Gasteiger charge is -2.38. The van der Waals surface area contributed by atoms with E-state index in [2.05, 4.69) is 11.6 Å². The number of hydrogen-bond donors (Lipinski definition) is 2. The monoisotopic (exact) mass is 392 g/mol. The predicted octanol–water partition coefficient (Wildman–Crippen LogP) is 4.62. The number of hydrogen-bond acceptors (Lipinski definition) is 4. The van der Waals surface area contributed by atoms with Gasteiger partial charge in [-0.2, -0.15) is 0 Å². The lowest BCUT2D eigenvalue weighted by Crippen LogP contribution is -2.42. The summed E-state index contributed by atoms with van der Waals surface area (Å²) >= 11 is 0. The molecule has 1 aliphatic rings. The number of pyridine rings is 1. The summed E-state index contributed by atoms with van der Waals surface area (Å²) in [6.07, 6.45) is 4.09. The first kappa shape index (κ1) is 18.9. The van der Waals surface area contributed by atoms with Gasteiger partial charge in [-0.25, -0.2) is 4.39 Å². The van der Waals surface area contributed by atoms with E-state index >= 15 is 0 Å². The van der Waals surface area contributed by atoms with Gasteiger partial charge in [0, 0.05) is 23.7 Å². The van der Waals surface area contributed by atoms with Crippen molar-refractivity contribution in [2.75, 3.05) is 0 Å². The zero-order valence-corrected chi connectivity index (χ0v) is 16.0. The summed E-state index contributed by atoms with van der Waals surface area (Å²) in [5.41, 5.74) is 0.513. The van der Waals surface area contributed by atoms with Crippen molar-refractivity contribution in [1.29, 1.82) is 0 Å². The second-order valence-corrected chi connectivity index (χ2v) is 7.24. The molecule has 0 spiro atoms. The average molecular weight is 392 g/mol. The fourth-order valence-corrected chi connectivity index (χ4v) is 4.36. The molecule has 1 atom stereocenters. The van der Waals surface area contributed by atoms with Gasteiger partial charge in [0.1, 0.15) is 17.1 Å². The van der Waals surface area contributed by atoms with E-state index in [0.29, 0.717) is 23.8 Å². The number of amides is 1. The highest BCUT2D eigenvalue weighted by atomic mass is 19.1. The van der Waals surface area contributed by atoms with Gasteiger partial charge < -0.3 is 15.1 Å². The topological polar surface area (TPSA) is 73.7 Å². The third kappa shape index (κ3) is 2.67. The minimum absolute atomic E-state index is 0.0560. The molecule has 1 aliphatic heterocycles. The molecular formula is C23H21FN2O3. The van der Waals surface area contributed by atoms with Gasteiger partial charge in [-0.15, -0.1) is 6.58 Å². The van der Waals surface area contributed by atoms with Crippen LogP contribution in [0.2, 0.25) is 0 Å². The number of fused-ring (bicyclic) bond motifs is 2. The molecule has 4 rings (SSSR count). The fourth-order valence-electron chi connectivity index (χ4n) is 4.36. The summed E-state index contributed by atoms with van der Waals surface area (Å²) in [4.78, 5) is 19.2. The quantitative estimate of drug-likeness (QED) is 0.491. The highest BCUT2D eigenvalue weighted by molar-refractivity contribution is 6.09. The van der Waals surface area contributed by atoms with Crippen molar-refractivity contribution in [3.63, 3.8) is 0 Å². The van der Waals surface area contributed by atoms with E-state index in [4.69, 9.17) is 0 Å². The van der Waals surface area contributed by atoms with E-state index in [0.717, 1.165) is 5.56 Å². The van der Waals surface area contributed by atoms with Crippen LogP contribution in [0.4, 0.5) is 4.39 Å². The maximum Gasteiger partial charge on any atom is 0.259 e. The van der Waals surface area contributed by atoms with Crippen LogP contribution < -0.4 is 0 Å². The van der Waals surface area contributed by atoms with Crippen molar-refractivity contribution in [3.05, 3.63) is 77.8 Å². The second kappa shape index (κ2) is 6.88. The average Bonchev–Trinajstić information content (AvgIpc) is 2.97. The number of phenols is 2. The molecule has 0 fully saturated rings. The van der Waals surface area contributed by atoms with Crippen molar-refractivity contribution >= 4 is 16.8 Å². The molecule has 1 unspecified atom stereocenters. The van der Waals surface area contributed by atoms with E-state index in [9.17, 15) is 19.4 Å². The highest BCUT2D eigenvalue weighted by Gasteiger charge is 2.51. The number of halogens is 1. The SMILES string of the molecule is C=CCC1(CC)c2c(c(O)c3ncccc3c2O)C(=O)N1Cc1ccc(F)cc1. The van der Waals surface area contributed by atoms with Crippen molar-refractivity contribution in [2.45, 2.75) is 31.8 Å². The van der Waals surface area contributed by atoms with Crippen LogP contribution >= 0.6 is 0 Å². The molecule has 0 radical (unpaired) electrons. The van der Waals surface area contributed by atoms with Gasteiger partial charge in [0.2, 0.25) is 0 Å². The normalized spacial score (nSPS) is 18.3. The Kier molecular flexibility index (Phi) is 4.49. The lowest BCUT2D eigenvalue weighted by atomic mass is 9.82. The van der Waals surface area contributed by atoms with E-state index in [1.165, 1.54) is 18.3 Å². The molecule has 2 heterocycles. The van der Waals surface area contributed by atoms with Gasteiger partial charge in [-0.1, -0.05) is 25.1 Å². The first-order valence-electron chi connectivity index (χ1n) is 9.45. The molecular weight excluding hydrogens is 371 g/mol. The van der Waals surface area contributed by atoms with Crippen LogP contribution in [0, 0.1) is 5.82 Å². The Labute approximate surface area is 167 Å². The molecule has 2 N–H and O–H groups in total. The van der Waals surface area contributed by atoms with Gasteiger partial charge >= 0.3 is 0 Å². The first-order chi connectivity index (χ1) is 13.9. The van der Waals surface area contributed by atoms with Crippen LogP contribution in [0.15, 0.2) is 55.3 Å². The number of aromatic hydroxyl groups is 2. The Morgan fingerprint density at radius 3 is 2.59 bits per heavy atom. The largest absolute Gasteiger partial charge is 0.507 e. The Morgan fingerprint density at radius 2 is 1.93 bits per heavy atom. The maximum absolute atomic E-state index is 13.5. The number of phenolic OH excluding ortho intramolecular Hbond substituents is 2. The molecule has 3 aromatic rings. The van der Waals surface area contributed by atoms with Gasteiger partial charge in [0.25, 0.3) is 5.91 Å². The van der Waals surface area contributed by atoms with Crippen LogP contribution in [0.3, 0.4) is 0 Å². The molecule has 1 amide bonds. The molecule has 5 nitrogen and oxygen atoms in total. The Bertz CT molecular complexity index is 1130. The van der Waals surface area contributed by atoms with Crippen LogP contribution in [0.25, 0.3) is 10.9 Å². The minimum Gasteiger partial charge on any atom is -0.507 e. The third-order valence-electron chi connectivity index (χ3n) is 5.77. The zero-order chi connectivity index (χ0) is 20.8. The first-order valence-corrected chi connectivity index (χ1v) is 9.45. The van der Waals surface area contributed by atoms with Gasteiger partial charge in [-0.05, 0) is 42.7 Å². The standard InChI is InChI=1S/C23H21FN2O3/c1-3-11-23(4-2)18-17(21(28)19-16(20(18)27)6-5-12-25-19)22(29)26(23)13-14-7-9-15(24)10-8-14/h3,5-10,12,27-28H,1,4,11,13H2,2H3. The number of aromatic nitrogens is 1. The summed E-state index contributed by atoms with van der Waals surface area (Å²) in [5.74, 6) is -1.04. The van der Waals surface area contributed by atoms with Gasteiger partial charge in [0.05, 0.1) is 11.1 Å².